The third kappa shape index (κ3) is 5.26. The zero-order chi connectivity index (χ0) is 15.3. The van der Waals surface area contributed by atoms with Crippen molar-refractivity contribution in [3.63, 3.8) is 0 Å². The molecular formula is C14H18FNO4. The quantitative estimate of drug-likeness (QED) is 0.837. The summed E-state index contributed by atoms with van der Waals surface area (Å²) in [6.07, 6.45) is -1.00. The third-order valence-corrected chi connectivity index (χ3v) is 2.55. The summed E-state index contributed by atoms with van der Waals surface area (Å²) in [5.74, 6) is -1.45. The number of carbonyl (C=O) groups excluding carboxylic acids is 1. The number of rotatable bonds is 6. The van der Waals surface area contributed by atoms with Crippen molar-refractivity contribution in [2.24, 2.45) is 0 Å². The van der Waals surface area contributed by atoms with E-state index >= 15 is 0 Å². The van der Waals surface area contributed by atoms with Gasteiger partial charge < -0.3 is 15.2 Å². The van der Waals surface area contributed by atoms with Crippen molar-refractivity contribution in [2.75, 3.05) is 0 Å². The monoisotopic (exact) mass is 283 g/mol. The highest BCUT2D eigenvalue weighted by Crippen LogP contribution is 2.14. The number of carbonyl (C=O) groups is 2. The zero-order valence-corrected chi connectivity index (χ0v) is 11.6. The molecule has 0 bridgehead atoms. The standard InChI is InChI=1S/C14H18FNO4/c1-9(20-11-6-4-10(15)5-7-11)13(19)16-14(2,3)8-12(17)18/h4-7,9H,8H2,1-3H3,(H,16,19)(H,17,18). The van der Waals surface area contributed by atoms with Gasteiger partial charge in [0.05, 0.1) is 6.42 Å². The molecule has 0 radical (unpaired) electrons. The Balaban J connectivity index is 2.58. The van der Waals surface area contributed by atoms with Crippen LogP contribution in [0.2, 0.25) is 0 Å². The van der Waals surface area contributed by atoms with E-state index in [1.165, 1.54) is 31.2 Å². The van der Waals surface area contributed by atoms with Crippen LogP contribution < -0.4 is 10.1 Å². The fraction of sp³-hybridized carbons (Fsp3) is 0.429. The largest absolute Gasteiger partial charge is 0.481 e. The van der Waals surface area contributed by atoms with Gasteiger partial charge in [0.15, 0.2) is 6.10 Å². The number of halogens is 1. The molecule has 0 fully saturated rings. The van der Waals surface area contributed by atoms with Gasteiger partial charge in [-0.2, -0.15) is 0 Å². The van der Waals surface area contributed by atoms with E-state index in [1.807, 2.05) is 0 Å². The molecule has 1 amide bonds. The van der Waals surface area contributed by atoms with Gasteiger partial charge in [-0.25, -0.2) is 4.39 Å². The summed E-state index contributed by atoms with van der Waals surface area (Å²) >= 11 is 0. The van der Waals surface area contributed by atoms with Crippen LogP contribution in [0.5, 0.6) is 5.75 Å². The van der Waals surface area contributed by atoms with Gasteiger partial charge in [-0.05, 0) is 45.0 Å². The van der Waals surface area contributed by atoms with Gasteiger partial charge in [-0.3, -0.25) is 9.59 Å². The lowest BCUT2D eigenvalue weighted by atomic mass is 10.0. The molecule has 0 aliphatic carbocycles. The number of hydrogen-bond donors (Lipinski definition) is 2. The minimum absolute atomic E-state index is 0.192. The molecule has 0 aliphatic heterocycles. The van der Waals surface area contributed by atoms with Gasteiger partial charge in [0.25, 0.3) is 5.91 Å². The molecule has 20 heavy (non-hydrogen) atoms. The fourth-order valence-corrected chi connectivity index (χ4v) is 1.63. The Labute approximate surface area is 116 Å². The van der Waals surface area contributed by atoms with Gasteiger partial charge in [0, 0.05) is 5.54 Å². The number of hydrogen-bond acceptors (Lipinski definition) is 3. The summed E-state index contributed by atoms with van der Waals surface area (Å²) in [5.41, 5.74) is -0.872. The average molecular weight is 283 g/mol. The van der Waals surface area contributed by atoms with Crippen molar-refractivity contribution in [3.05, 3.63) is 30.1 Å². The molecule has 6 heteroatoms. The van der Waals surface area contributed by atoms with Crippen LogP contribution in [0, 0.1) is 5.82 Å². The van der Waals surface area contributed by atoms with Gasteiger partial charge in [0.2, 0.25) is 0 Å². The highest BCUT2D eigenvalue weighted by Gasteiger charge is 2.26. The van der Waals surface area contributed by atoms with E-state index in [4.69, 9.17) is 9.84 Å². The van der Waals surface area contributed by atoms with Crippen molar-refractivity contribution in [3.8, 4) is 5.75 Å². The number of carboxylic acid groups (broad SMARTS) is 1. The number of nitrogens with one attached hydrogen (secondary N) is 1. The van der Waals surface area contributed by atoms with Gasteiger partial charge in [-0.1, -0.05) is 0 Å². The molecule has 0 aromatic heterocycles. The summed E-state index contributed by atoms with van der Waals surface area (Å²) in [7, 11) is 0. The highest BCUT2D eigenvalue weighted by atomic mass is 19.1. The first-order valence-corrected chi connectivity index (χ1v) is 6.16. The summed E-state index contributed by atoms with van der Waals surface area (Å²) in [4.78, 5) is 22.6. The molecule has 0 heterocycles. The first kappa shape index (κ1) is 15.9. The van der Waals surface area contributed by atoms with Gasteiger partial charge in [-0.15, -0.1) is 0 Å². The Morgan fingerprint density at radius 3 is 2.40 bits per heavy atom. The summed E-state index contributed by atoms with van der Waals surface area (Å²) < 4.78 is 18.1. The van der Waals surface area contributed by atoms with Crippen molar-refractivity contribution in [2.45, 2.75) is 38.8 Å². The first-order valence-electron chi connectivity index (χ1n) is 6.16. The SMILES string of the molecule is CC(Oc1ccc(F)cc1)C(=O)NC(C)(C)CC(=O)O. The first-order chi connectivity index (χ1) is 9.19. The smallest absolute Gasteiger partial charge is 0.305 e. The second-order valence-electron chi connectivity index (χ2n) is 5.16. The number of aliphatic carboxylic acids is 1. The molecule has 1 unspecified atom stereocenters. The van der Waals surface area contributed by atoms with Gasteiger partial charge in [0.1, 0.15) is 11.6 Å². The third-order valence-electron chi connectivity index (χ3n) is 2.55. The predicted molar refractivity (Wildman–Crippen MR) is 71.0 cm³/mol. The van der Waals surface area contributed by atoms with E-state index in [1.54, 1.807) is 13.8 Å². The Kier molecular flexibility index (Phi) is 5.07. The summed E-state index contributed by atoms with van der Waals surface area (Å²) in [6.45, 7) is 4.77. The number of carboxylic acids is 1. The van der Waals surface area contributed by atoms with E-state index in [0.29, 0.717) is 5.75 Å². The fourth-order valence-electron chi connectivity index (χ4n) is 1.63. The topological polar surface area (TPSA) is 75.6 Å². The second kappa shape index (κ2) is 6.36. The molecule has 1 rings (SSSR count). The van der Waals surface area contributed by atoms with Crippen LogP contribution in [-0.4, -0.2) is 28.6 Å². The van der Waals surface area contributed by atoms with Crippen molar-refractivity contribution in [1.82, 2.24) is 5.32 Å². The van der Waals surface area contributed by atoms with Crippen LogP contribution in [0.25, 0.3) is 0 Å². The Morgan fingerprint density at radius 2 is 1.90 bits per heavy atom. The van der Waals surface area contributed by atoms with Crippen LogP contribution in [0.3, 0.4) is 0 Å². The van der Waals surface area contributed by atoms with Crippen LogP contribution in [0.1, 0.15) is 27.2 Å². The molecule has 2 N–H and O–H groups in total. The molecule has 1 atom stereocenters. The van der Waals surface area contributed by atoms with Gasteiger partial charge >= 0.3 is 5.97 Å². The number of amides is 1. The molecule has 1 aromatic rings. The van der Waals surface area contributed by atoms with Crippen LogP contribution in [0.4, 0.5) is 4.39 Å². The summed E-state index contributed by atoms with van der Waals surface area (Å²) in [6, 6.07) is 5.30. The molecule has 0 spiro atoms. The number of benzene rings is 1. The molecule has 0 aliphatic rings. The Bertz CT molecular complexity index is 484. The van der Waals surface area contributed by atoms with Crippen LogP contribution >= 0.6 is 0 Å². The zero-order valence-electron chi connectivity index (χ0n) is 11.6. The Morgan fingerprint density at radius 1 is 1.35 bits per heavy atom. The average Bonchev–Trinajstić information content (AvgIpc) is 2.29. The maximum absolute atomic E-state index is 12.7. The molecule has 0 saturated carbocycles. The molecule has 110 valence electrons. The molecular weight excluding hydrogens is 265 g/mol. The van der Waals surface area contributed by atoms with Crippen molar-refractivity contribution < 1.29 is 23.8 Å². The van der Waals surface area contributed by atoms with E-state index in [2.05, 4.69) is 5.32 Å². The van der Waals surface area contributed by atoms with Crippen molar-refractivity contribution >= 4 is 11.9 Å². The molecule has 5 nitrogen and oxygen atoms in total. The van der Waals surface area contributed by atoms with E-state index in [9.17, 15) is 14.0 Å². The minimum Gasteiger partial charge on any atom is -0.481 e. The maximum atomic E-state index is 12.7. The maximum Gasteiger partial charge on any atom is 0.305 e. The lowest BCUT2D eigenvalue weighted by molar-refractivity contribution is -0.139. The predicted octanol–water partition coefficient (Wildman–Crippen LogP) is 1.96. The lowest BCUT2D eigenvalue weighted by Crippen LogP contribution is -2.49. The van der Waals surface area contributed by atoms with Crippen LogP contribution in [-0.2, 0) is 9.59 Å². The number of ether oxygens (including phenoxy) is 1. The van der Waals surface area contributed by atoms with Crippen LogP contribution in [0.15, 0.2) is 24.3 Å². The highest BCUT2D eigenvalue weighted by molar-refractivity contribution is 5.82. The summed E-state index contributed by atoms with van der Waals surface area (Å²) in [5, 5.41) is 11.3. The molecule has 0 saturated heterocycles. The van der Waals surface area contributed by atoms with E-state index in [-0.39, 0.29) is 6.42 Å². The van der Waals surface area contributed by atoms with E-state index < -0.39 is 29.3 Å². The second-order valence-corrected chi connectivity index (χ2v) is 5.16. The van der Waals surface area contributed by atoms with Crippen molar-refractivity contribution in [1.29, 1.82) is 0 Å². The lowest BCUT2D eigenvalue weighted by Gasteiger charge is -2.26. The minimum atomic E-state index is -0.998. The Hall–Kier alpha value is -2.11. The normalized spacial score (nSPS) is 12.6. The van der Waals surface area contributed by atoms with E-state index in [0.717, 1.165) is 0 Å². The molecule has 1 aromatic carbocycles.